The van der Waals surface area contributed by atoms with Crippen molar-refractivity contribution in [1.29, 1.82) is 0 Å². The first kappa shape index (κ1) is 15.5. The van der Waals surface area contributed by atoms with Crippen LogP contribution in [-0.4, -0.2) is 43.8 Å². The molecule has 2 saturated heterocycles. The summed E-state index contributed by atoms with van der Waals surface area (Å²) < 4.78 is 10.9. The van der Waals surface area contributed by atoms with Crippen molar-refractivity contribution < 1.29 is 14.3 Å². The fourth-order valence-corrected chi connectivity index (χ4v) is 3.89. The van der Waals surface area contributed by atoms with Gasteiger partial charge in [-0.05, 0) is 25.3 Å². The van der Waals surface area contributed by atoms with Gasteiger partial charge < -0.3 is 9.47 Å². The van der Waals surface area contributed by atoms with Gasteiger partial charge >= 0.3 is 5.97 Å². The lowest BCUT2D eigenvalue weighted by atomic mass is 9.72. The molecular weight excluding hydrogens is 278 g/mol. The average molecular weight is 303 g/mol. The van der Waals surface area contributed by atoms with E-state index in [4.69, 9.17) is 9.47 Å². The maximum atomic E-state index is 12.4. The summed E-state index contributed by atoms with van der Waals surface area (Å²) in [4.78, 5) is 14.8. The molecule has 2 aliphatic rings. The lowest BCUT2D eigenvalue weighted by Crippen LogP contribution is -2.40. The Bertz CT molecular complexity index is 496. The van der Waals surface area contributed by atoms with Crippen LogP contribution in [0.1, 0.15) is 25.3 Å². The first-order valence-electron chi connectivity index (χ1n) is 8.24. The van der Waals surface area contributed by atoms with Gasteiger partial charge in [-0.3, -0.25) is 9.69 Å². The van der Waals surface area contributed by atoms with E-state index in [2.05, 4.69) is 29.2 Å². The van der Waals surface area contributed by atoms with E-state index >= 15 is 0 Å². The number of ether oxygens (including phenoxy) is 2. The van der Waals surface area contributed by atoms with Gasteiger partial charge in [0.15, 0.2) is 0 Å². The predicted octanol–water partition coefficient (Wildman–Crippen LogP) is 2.48. The third kappa shape index (κ3) is 3.18. The molecule has 4 nitrogen and oxygen atoms in total. The molecule has 0 saturated carbocycles. The molecule has 1 aromatic carbocycles. The Labute approximate surface area is 132 Å². The molecule has 2 fully saturated rings. The lowest BCUT2D eigenvalue weighted by molar-refractivity contribution is -0.153. The average Bonchev–Trinajstić information content (AvgIpc) is 2.87. The van der Waals surface area contributed by atoms with E-state index in [1.165, 1.54) is 5.56 Å². The van der Waals surface area contributed by atoms with Crippen LogP contribution in [0.3, 0.4) is 0 Å². The number of hydrogen-bond donors (Lipinski definition) is 0. The number of likely N-dealkylation sites (tertiary alicyclic amines) is 1. The van der Waals surface area contributed by atoms with Crippen molar-refractivity contribution in [2.24, 2.45) is 11.3 Å². The van der Waals surface area contributed by atoms with Gasteiger partial charge in [0.1, 0.15) is 0 Å². The van der Waals surface area contributed by atoms with Crippen molar-refractivity contribution in [2.75, 3.05) is 32.9 Å². The minimum atomic E-state index is -0.0278. The summed E-state index contributed by atoms with van der Waals surface area (Å²) in [5, 5.41) is 0. The molecule has 0 aliphatic carbocycles. The van der Waals surface area contributed by atoms with Crippen LogP contribution in [0.2, 0.25) is 0 Å². The van der Waals surface area contributed by atoms with Gasteiger partial charge in [0.2, 0.25) is 0 Å². The Hall–Kier alpha value is -1.39. The molecule has 0 aromatic heterocycles. The van der Waals surface area contributed by atoms with Crippen LogP contribution in [0, 0.1) is 11.3 Å². The van der Waals surface area contributed by atoms with Crippen LogP contribution < -0.4 is 0 Å². The van der Waals surface area contributed by atoms with Gasteiger partial charge in [-0.1, -0.05) is 30.3 Å². The first-order valence-corrected chi connectivity index (χ1v) is 8.24. The van der Waals surface area contributed by atoms with E-state index in [9.17, 15) is 4.79 Å². The topological polar surface area (TPSA) is 38.8 Å². The fourth-order valence-electron chi connectivity index (χ4n) is 3.89. The van der Waals surface area contributed by atoms with Gasteiger partial charge in [-0.25, -0.2) is 0 Å². The Balaban J connectivity index is 1.74. The molecule has 0 amide bonds. The maximum absolute atomic E-state index is 12.4. The summed E-state index contributed by atoms with van der Waals surface area (Å²) in [6.07, 6.45) is 1.92. The van der Waals surface area contributed by atoms with E-state index in [0.717, 1.165) is 45.7 Å². The third-order valence-corrected chi connectivity index (χ3v) is 5.03. The highest BCUT2D eigenvalue weighted by atomic mass is 16.5. The summed E-state index contributed by atoms with van der Waals surface area (Å²) >= 11 is 0. The summed E-state index contributed by atoms with van der Waals surface area (Å²) in [7, 11) is 0. The number of carbonyl (C=O) groups is 1. The van der Waals surface area contributed by atoms with Gasteiger partial charge in [-0.2, -0.15) is 0 Å². The monoisotopic (exact) mass is 303 g/mol. The number of rotatable bonds is 4. The van der Waals surface area contributed by atoms with Gasteiger partial charge in [0.05, 0.1) is 12.5 Å². The van der Waals surface area contributed by atoms with Crippen LogP contribution >= 0.6 is 0 Å². The van der Waals surface area contributed by atoms with Crippen LogP contribution in [-0.2, 0) is 20.8 Å². The maximum Gasteiger partial charge on any atom is 0.310 e. The van der Waals surface area contributed by atoms with E-state index in [0.29, 0.717) is 6.61 Å². The van der Waals surface area contributed by atoms with E-state index in [-0.39, 0.29) is 17.3 Å². The van der Waals surface area contributed by atoms with Crippen molar-refractivity contribution in [3.63, 3.8) is 0 Å². The molecule has 2 heterocycles. The number of carbonyl (C=O) groups excluding carboxylic acids is 1. The van der Waals surface area contributed by atoms with Gasteiger partial charge in [0.25, 0.3) is 0 Å². The summed E-state index contributed by atoms with van der Waals surface area (Å²) in [6.45, 7) is 6.53. The number of hydrogen-bond acceptors (Lipinski definition) is 4. The number of esters is 1. The van der Waals surface area contributed by atoms with Crippen molar-refractivity contribution in [1.82, 2.24) is 4.90 Å². The molecule has 2 aliphatic heterocycles. The summed E-state index contributed by atoms with van der Waals surface area (Å²) in [6, 6.07) is 10.5. The molecule has 1 spiro atoms. The Morgan fingerprint density at radius 3 is 2.73 bits per heavy atom. The second-order valence-corrected chi connectivity index (χ2v) is 6.43. The molecule has 1 aromatic rings. The summed E-state index contributed by atoms with van der Waals surface area (Å²) in [5.74, 6) is -0.0416. The highest BCUT2D eigenvalue weighted by molar-refractivity contribution is 5.74. The van der Waals surface area contributed by atoms with Crippen LogP contribution in [0.15, 0.2) is 30.3 Å². The Morgan fingerprint density at radius 2 is 2.05 bits per heavy atom. The minimum Gasteiger partial charge on any atom is -0.466 e. The van der Waals surface area contributed by atoms with E-state index in [1.807, 2.05) is 13.0 Å². The Morgan fingerprint density at radius 1 is 1.32 bits per heavy atom. The highest BCUT2D eigenvalue weighted by Crippen LogP contribution is 2.45. The first-order chi connectivity index (χ1) is 10.7. The molecule has 0 radical (unpaired) electrons. The van der Waals surface area contributed by atoms with Crippen molar-refractivity contribution in [2.45, 2.75) is 26.3 Å². The minimum absolute atomic E-state index is 0.0138. The number of benzene rings is 1. The van der Waals surface area contributed by atoms with E-state index in [1.54, 1.807) is 0 Å². The summed E-state index contributed by atoms with van der Waals surface area (Å²) in [5.41, 5.74) is 1.34. The SMILES string of the molecule is CCOC(=O)C1CN(Cc2ccccc2)CC12CCOCC2. The zero-order valence-electron chi connectivity index (χ0n) is 13.3. The molecule has 1 unspecified atom stereocenters. The third-order valence-electron chi connectivity index (χ3n) is 5.03. The van der Waals surface area contributed by atoms with Crippen LogP contribution in [0.4, 0.5) is 0 Å². The molecule has 4 heteroatoms. The van der Waals surface area contributed by atoms with Gasteiger partial charge in [-0.15, -0.1) is 0 Å². The van der Waals surface area contributed by atoms with E-state index < -0.39 is 0 Å². The quantitative estimate of drug-likeness (QED) is 0.801. The lowest BCUT2D eigenvalue weighted by Gasteiger charge is -2.37. The normalized spacial score (nSPS) is 24.5. The second kappa shape index (κ2) is 6.80. The van der Waals surface area contributed by atoms with Crippen LogP contribution in [0.25, 0.3) is 0 Å². The van der Waals surface area contributed by atoms with Crippen molar-refractivity contribution >= 4 is 5.97 Å². The van der Waals surface area contributed by atoms with Gasteiger partial charge in [0, 0.05) is 38.3 Å². The standard InChI is InChI=1S/C18H25NO3/c1-2-22-17(20)16-13-19(12-15-6-4-3-5-7-15)14-18(16)8-10-21-11-9-18/h3-7,16H,2,8-14H2,1H3. The van der Waals surface area contributed by atoms with Crippen molar-refractivity contribution in [3.05, 3.63) is 35.9 Å². The molecule has 22 heavy (non-hydrogen) atoms. The fraction of sp³-hybridized carbons (Fsp3) is 0.611. The molecule has 0 bridgehead atoms. The van der Waals surface area contributed by atoms with Crippen LogP contribution in [0.5, 0.6) is 0 Å². The highest BCUT2D eigenvalue weighted by Gasteiger charge is 2.51. The predicted molar refractivity (Wildman–Crippen MR) is 84.3 cm³/mol. The molecule has 120 valence electrons. The molecule has 1 atom stereocenters. The Kier molecular flexibility index (Phi) is 4.79. The smallest absolute Gasteiger partial charge is 0.310 e. The zero-order valence-corrected chi connectivity index (χ0v) is 13.3. The molecule has 3 rings (SSSR count). The second-order valence-electron chi connectivity index (χ2n) is 6.43. The number of nitrogens with zero attached hydrogens (tertiary/aromatic N) is 1. The largest absolute Gasteiger partial charge is 0.466 e. The zero-order chi connectivity index (χ0) is 15.4. The molecule has 0 N–H and O–H groups in total. The van der Waals surface area contributed by atoms with Crippen molar-refractivity contribution in [3.8, 4) is 0 Å². The molecular formula is C18H25NO3.